The van der Waals surface area contributed by atoms with E-state index in [4.69, 9.17) is 5.73 Å². The van der Waals surface area contributed by atoms with E-state index < -0.39 is 10.0 Å². The van der Waals surface area contributed by atoms with Crippen LogP contribution in [0.15, 0.2) is 24.3 Å². The van der Waals surface area contributed by atoms with Crippen LogP contribution in [0.25, 0.3) is 0 Å². The summed E-state index contributed by atoms with van der Waals surface area (Å²) in [5.74, 6) is 0.0807. The second-order valence-electron chi connectivity index (χ2n) is 5.11. The van der Waals surface area contributed by atoms with E-state index in [1.165, 1.54) is 0 Å². The standard InChI is InChI=1S/C13H21N3O3S/c1-9(2)12(14)8-13(17)15-10-4-6-11(7-5-10)16-20(3,18)19/h4-7,9,12,16H,8,14H2,1-3H3,(H,15,17). The highest BCUT2D eigenvalue weighted by Gasteiger charge is 2.13. The van der Waals surface area contributed by atoms with Gasteiger partial charge in [0.05, 0.1) is 6.26 Å². The molecule has 0 saturated carbocycles. The van der Waals surface area contributed by atoms with Crippen molar-refractivity contribution in [1.82, 2.24) is 0 Å². The Hall–Kier alpha value is -1.60. The van der Waals surface area contributed by atoms with Gasteiger partial charge in [0, 0.05) is 23.8 Å². The molecule has 1 aromatic carbocycles. The number of rotatable bonds is 6. The Morgan fingerprint density at radius 1 is 1.20 bits per heavy atom. The van der Waals surface area contributed by atoms with Crippen LogP contribution in [0, 0.1) is 5.92 Å². The molecule has 1 amide bonds. The number of benzene rings is 1. The lowest BCUT2D eigenvalue weighted by molar-refractivity contribution is -0.116. The molecular formula is C13H21N3O3S. The van der Waals surface area contributed by atoms with Crippen molar-refractivity contribution >= 4 is 27.3 Å². The maximum Gasteiger partial charge on any atom is 0.229 e. The number of hydrogen-bond donors (Lipinski definition) is 3. The van der Waals surface area contributed by atoms with E-state index in [1.54, 1.807) is 24.3 Å². The molecule has 20 heavy (non-hydrogen) atoms. The molecule has 4 N–H and O–H groups in total. The Balaban J connectivity index is 2.59. The van der Waals surface area contributed by atoms with Gasteiger partial charge in [-0.1, -0.05) is 13.8 Å². The highest BCUT2D eigenvalue weighted by molar-refractivity contribution is 7.92. The Kier molecular flexibility index (Phi) is 5.52. The summed E-state index contributed by atoms with van der Waals surface area (Å²) in [4.78, 5) is 11.7. The topological polar surface area (TPSA) is 101 Å². The first-order valence-electron chi connectivity index (χ1n) is 6.30. The summed E-state index contributed by atoms with van der Waals surface area (Å²) in [5.41, 5.74) is 6.88. The Bertz CT molecular complexity index is 553. The van der Waals surface area contributed by atoms with Gasteiger partial charge in [0.1, 0.15) is 0 Å². The van der Waals surface area contributed by atoms with Crippen LogP contribution in [-0.2, 0) is 14.8 Å². The van der Waals surface area contributed by atoms with Crippen LogP contribution < -0.4 is 15.8 Å². The molecule has 112 valence electrons. The van der Waals surface area contributed by atoms with Gasteiger partial charge in [-0.3, -0.25) is 9.52 Å². The van der Waals surface area contributed by atoms with Gasteiger partial charge >= 0.3 is 0 Å². The number of nitrogens with one attached hydrogen (secondary N) is 2. The van der Waals surface area contributed by atoms with E-state index >= 15 is 0 Å². The fraction of sp³-hybridized carbons (Fsp3) is 0.462. The average molecular weight is 299 g/mol. The minimum atomic E-state index is -3.29. The monoisotopic (exact) mass is 299 g/mol. The molecule has 0 aliphatic rings. The van der Waals surface area contributed by atoms with Gasteiger partial charge in [0.2, 0.25) is 15.9 Å². The van der Waals surface area contributed by atoms with Crippen molar-refractivity contribution in [1.29, 1.82) is 0 Å². The van der Waals surface area contributed by atoms with Crippen molar-refractivity contribution in [3.63, 3.8) is 0 Å². The van der Waals surface area contributed by atoms with Crippen LogP contribution in [0.5, 0.6) is 0 Å². The lowest BCUT2D eigenvalue weighted by Crippen LogP contribution is -2.31. The lowest BCUT2D eigenvalue weighted by Gasteiger charge is -2.15. The van der Waals surface area contributed by atoms with E-state index in [1.807, 2.05) is 13.8 Å². The largest absolute Gasteiger partial charge is 0.327 e. The van der Waals surface area contributed by atoms with Gasteiger partial charge < -0.3 is 11.1 Å². The van der Waals surface area contributed by atoms with Crippen LogP contribution in [0.1, 0.15) is 20.3 Å². The predicted molar refractivity (Wildman–Crippen MR) is 81.0 cm³/mol. The molecule has 0 aromatic heterocycles. The molecule has 6 nitrogen and oxygen atoms in total. The van der Waals surface area contributed by atoms with Gasteiger partial charge in [-0.05, 0) is 30.2 Å². The zero-order valence-corrected chi connectivity index (χ0v) is 12.7. The number of nitrogens with two attached hydrogens (primary N) is 1. The van der Waals surface area contributed by atoms with Gasteiger partial charge in [0.25, 0.3) is 0 Å². The molecule has 1 rings (SSSR count). The first-order valence-corrected chi connectivity index (χ1v) is 8.20. The SMILES string of the molecule is CC(C)C(N)CC(=O)Nc1ccc(NS(C)(=O)=O)cc1. The molecule has 0 saturated heterocycles. The molecule has 0 bridgehead atoms. The zero-order valence-electron chi connectivity index (χ0n) is 11.9. The fourth-order valence-electron chi connectivity index (χ4n) is 1.50. The molecule has 0 spiro atoms. The number of sulfonamides is 1. The van der Waals surface area contributed by atoms with Crippen molar-refractivity contribution in [3.05, 3.63) is 24.3 Å². The maximum absolute atomic E-state index is 11.7. The Morgan fingerprint density at radius 3 is 2.15 bits per heavy atom. The van der Waals surface area contributed by atoms with Crippen LogP contribution in [0.2, 0.25) is 0 Å². The molecule has 0 fully saturated rings. The zero-order chi connectivity index (χ0) is 15.3. The van der Waals surface area contributed by atoms with Crippen molar-refractivity contribution in [2.45, 2.75) is 26.3 Å². The minimum absolute atomic E-state index is 0.157. The van der Waals surface area contributed by atoms with Crippen LogP contribution in [0.3, 0.4) is 0 Å². The highest BCUT2D eigenvalue weighted by Crippen LogP contribution is 2.15. The number of carbonyl (C=O) groups excluding carboxylic acids is 1. The molecule has 0 aliphatic heterocycles. The molecule has 0 radical (unpaired) electrons. The summed E-state index contributed by atoms with van der Waals surface area (Å²) in [5, 5.41) is 2.72. The van der Waals surface area contributed by atoms with E-state index in [-0.39, 0.29) is 24.3 Å². The fourth-order valence-corrected chi connectivity index (χ4v) is 2.06. The molecule has 0 aliphatic carbocycles. The second-order valence-corrected chi connectivity index (χ2v) is 6.86. The Labute approximate surface area is 119 Å². The van der Waals surface area contributed by atoms with Crippen LogP contribution in [0.4, 0.5) is 11.4 Å². The number of carbonyl (C=O) groups is 1. The van der Waals surface area contributed by atoms with E-state index in [9.17, 15) is 13.2 Å². The van der Waals surface area contributed by atoms with Crippen molar-refractivity contribution in [3.8, 4) is 0 Å². The first-order chi connectivity index (χ1) is 9.17. The number of amides is 1. The van der Waals surface area contributed by atoms with Crippen LogP contribution in [-0.4, -0.2) is 26.6 Å². The third-order valence-electron chi connectivity index (χ3n) is 2.75. The highest BCUT2D eigenvalue weighted by atomic mass is 32.2. The van der Waals surface area contributed by atoms with Crippen molar-refractivity contribution in [2.24, 2.45) is 11.7 Å². The number of anilines is 2. The second kappa shape index (κ2) is 6.71. The predicted octanol–water partition coefficient (Wildman–Crippen LogP) is 1.37. The summed E-state index contributed by atoms with van der Waals surface area (Å²) in [6.45, 7) is 3.92. The normalized spacial score (nSPS) is 13.1. The third kappa shape index (κ3) is 6.03. The molecule has 1 atom stereocenters. The average Bonchev–Trinajstić information content (AvgIpc) is 2.29. The van der Waals surface area contributed by atoms with E-state index in [0.29, 0.717) is 11.4 Å². The van der Waals surface area contributed by atoms with Gasteiger partial charge in [-0.15, -0.1) is 0 Å². The van der Waals surface area contributed by atoms with Gasteiger partial charge in [-0.25, -0.2) is 8.42 Å². The summed E-state index contributed by atoms with van der Waals surface area (Å²) in [6, 6.07) is 6.25. The quantitative estimate of drug-likeness (QED) is 0.738. The molecule has 0 heterocycles. The summed E-state index contributed by atoms with van der Waals surface area (Å²) < 4.78 is 24.5. The van der Waals surface area contributed by atoms with Crippen molar-refractivity contribution in [2.75, 3.05) is 16.3 Å². The smallest absolute Gasteiger partial charge is 0.229 e. The van der Waals surface area contributed by atoms with Crippen LogP contribution >= 0.6 is 0 Å². The maximum atomic E-state index is 11.7. The van der Waals surface area contributed by atoms with Gasteiger partial charge in [0.15, 0.2) is 0 Å². The summed E-state index contributed by atoms with van der Waals surface area (Å²) in [6.07, 6.45) is 1.33. The van der Waals surface area contributed by atoms with Crippen molar-refractivity contribution < 1.29 is 13.2 Å². The Morgan fingerprint density at radius 2 is 1.70 bits per heavy atom. The molecule has 7 heteroatoms. The van der Waals surface area contributed by atoms with E-state index in [2.05, 4.69) is 10.0 Å². The molecule has 1 aromatic rings. The summed E-state index contributed by atoms with van der Waals surface area (Å²) in [7, 11) is -3.29. The third-order valence-corrected chi connectivity index (χ3v) is 3.36. The lowest BCUT2D eigenvalue weighted by atomic mass is 10.0. The molecule has 1 unspecified atom stereocenters. The molecular weight excluding hydrogens is 278 g/mol. The van der Waals surface area contributed by atoms with Gasteiger partial charge in [-0.2, -0.15) is 0 Å². The number of hydrogen-bond acceptors (Lipinski definition) is 4. The van der Waals surface area contributed by atoms with E-state index in [0.717, 1.165) is 6.26 Å². The first kappa shape index (κ1) is 16.5. The minimum Gasteiger partial charge on any atom is -0.327 e. The summed E-state index contributed by atoms with van der Waals surface area (Å²) >= 11 is 0.